The molecule has 4 aromatic heterocycles. The molecule has 1 aliphatic carbocycles. The summed E-state index contributed by atoms with van der Waals surface area (Å²) >= 11 is 0. The van der Waals surface area contributed by atoms with Gasteiger partial charge in [-0.1, -0.05) is 0 Å². The molecule has 0 aliphatic heterocycles. The average molecular weight is 515 g/mol. The van der Waals surface area contributed by atoms with Crippen molar-refractivity contribution in [1.82, 2.24) is 34.3 Å². The first-order chi connectivity index (χ1) is 18.4. The number of anilines is 2. The maximum absolute atomic E-state index is 13.4. The van der Waals surface area contributed by atoms with Crippen LogP contribution in [0, 0.1) is 5.82 Å². The summed E-state index contributed by atoms with van der Waals surface area (Å²) in [6.45, 7) is 0. The Kier molecular flexibility index (Phi) is 6.10. The molecule has 38 heavy (non-hydrogen) atoms. The molecule has 11 heteroatoms. The summed E-state index contributed by atoms with van der Waals surface area (Å²) in [5.74, 6) is 0.826. The van der Waals surface area contributed by atoms with E-state index in [4.69, 9.17) is 9.84 Å². The van der Waals surface area contributed by atoms with Gasteiger partial charge in [0.05, 0.1) is 17.8 Å². The number of benzene rings is 1. The number of halogens is 1. The Morgan fingerprint density at radius 2 is 1.79 bits per heavy atom. The number of nitrogens with zero attached hydrogens (tertiary/aromatic N) is 7. The molecule has 0 spiro atoms. The van der Waals surface area contributed by atoms with Crippen molar-refractivity contribution in [2.45, 2.75) is 37.8 Å². The molecular weight excluding hydrogens is 487 g/mol. The lowest BCUT2D eigenvalue weighted by atomic mass is 9.93. The van der Waals surface area contributed by atoms with Crippen molar-refractivity contribution in [1.29, 1.82) is 0 Å². The van der Waals surface area contributed by atoms with Gasteiger partial charge in [-0.25, -0.2) is 14.1 Å². The molecule has 1 fully saturated rings. The quantitative estimate of drug-likeness (QED) is 0.359. The normalized spacial score (nSPS) is 17.6. The van der Waals surface area contributed by atoms with Gasteiger partial charge in [0.1, 0.15) is 23.4 Å². The first-order valence-corrected chi connectivity index (χ1v) is 12.5. The first kappa shape index (κ1) is 23.8. The van der Waals surface area contributed by atoms with E-state index < -0.39 is 0 Å². The molecule has 0 amide bonds. The van der Waals surface area contributed by atoms with Crippen LogP contribution in [0.3, 0.4) is 0 Å². The van der Waals surface area contributed by atoms with Gasteiger partial charge in [-0.05, 0) is 49.9 Å². The molecule has 194 valence electrons. The third-order valence-electron chi connectivity index (χ3n) is 6.90. The van der Waals surface area contributed by atoms with Crippen molar-refractivity contribution in [2.24, 2.45) is 14.1 Å². The fraction of sp³-hybridized carbons (Fsp3) is 0.296. The number of hydrogen-bond donors (Lipinski definition) is 1. The highest BCUT2D eigenvalue weighted by Crippen LogP contribution is 2.36. The number of hydrogen-bond acceptors (Lipinski definition) is 7. The van der Waals surface area contributed by atoms with Crippen molar-refractivity contribution in [3.63, 3.8) is 0 Å². The Hall–Kier alpha value is -4.54. The zero-order valence-electron chi connectivity index (χ0n) is 21.1. The summed E-state index contributed by atoms with van der Waals surface area (Å²) in [5.41, 5.74) is 3.31. The number of rotatable bonds is 6. The molecule has 1 N–H and O–H groups in total. The Morgan fingerprint density at radius 1 is 1.00 bits per heavy atom. The van der Waals surface area contributed by atoms with E-state index in [0.29, 0.717) is 11.7 Å². The molecule has 1 saturated carbocycles. The van der Waals surface area contributed by atoms with E-state index in [9.17, 15) is 9.18 Å². The molecule has 0 atom stereocenters. The van der Waals surface area contributed by atoms with Crippen molar-refractivity contribution in [3.05, 3.63) is 77.2 Å². The Bertz CT molecular complexity index is 1650. The summed E-state index contributed by atoms with van der Waals surface area (Å²) in [6.07, 6.45) is 9.03. The zero-order valence-corrected chi connectivity index (χ0v) is 21.1. The van der Waals surface area contributed by atoms with Gasteiger partial charge in [0.15, 0.2) is 0 Å². The zero-order chi connectivity index (χ0) is 26.2. The van der Waals surface area contributed by atoms with Crippen LogP contribution in [0.5, 0.6) is 5.88 Å². The fourth-order valence-electron chi connectivity index (χ4n) is 4.94. The van der Waals surface area contributed by atoms with Crippen LogP contribution in [0.2, 0.25) is 0 Å². The van der Waals surface area contributed by atoms with E-state index in [1.807, 2.05) is 31.7 Å². The minimum Gasteiger partial charge on any atom is -0.473 e. The number of fused-ring (bicyclic) bond motifs is 1. The molecular formula is C27H27FN8O2. The van der Waals surface area contributed by atoms with Crippen molar-refractivity contribution < 1.29 is 9.13 Å². The Labute approximate surface area is 217 Å². The second kappa shape index (κ2) is 9.73. The van der Waals surface area contributed by atoms with Crippen molar-refractivity contribution in [2.75, 3.05) is 5.32 Å². The Balaban J connectivity index is 1.28. The summed E-state index contributed by atoms with van der Waals surface area (Å²) in [7, 11) is 3.50. The smallest absolute Gasteiger partial charge is 0.266 e. The standard InChI is InChI=1S/C27H27FN8O2/c1-34-16-17(14-30-34)27-22-15-29-24(31-19-5-3-18(28)4-6-19)13-23(22)36(33-27)20-7-9-21(10-8-20)38-25-11-12-26(37)35(2)32-25/h3-6,11-16,20-21H,7-10H2,1-2H3,(H,29,31)/t20-,21+. The van der Waals surface area contributed by atoms with Crippen LogP contribution in [-0.2, 0) is 14.1 Å². The lowest BCUT2D eigenvalue weighted by Gasteiger charge is -2.29. The molecule has 0 unspecified atom stereocenters. The van der Waals surface area contributed by atoms with Gasteiger partial charge in [-0.2, -0.15) is 10.2 Å². The predicted molar refractivity (Wildman–Crippen MR) is 141 cm³/mol. The molecule has 10 nitrogen and oxygen atoms in total. The summed E-state index contributed by atoms with van der Waals surface area (Å²) in [5, 5.41) is 17.8. The number of ether oxygens (including phenoxy) is 1. The van der Waals surface area contributed by atoms with E-state index >= 15 is 0 Å². The number of aromatic nitrogens is 7. The molecule has 0 saturated heterocycles. The topological polar surface area (TPSA) is 105 Å². The third-order valence-corrected chi connectivity index (χ3v) is 6.90. The third kappa shape index (κ3) is 4.74. The second-order valence-corrected chi connectivity index (χ2v) is 9.60. The monoisotopic (exact) mass is 514 g/mol. The van der Waals surface area contributed by atoms with Gasteiger partial charge in [-0.15, -0.1) is 5.10 Å². The number of aryl methyl sites for hydroxylation is 2. The summed E-state index contributed by atoms with van der Waals surface area (Å²) < 4.78 is 24.6. The van der Waals surface area contributed by atoms with Crippen LogP contribution >= 0.6 is 0 Å². The lowest BCUT2D eigenvalue weighted by molar-refractivity contribution is 0.123. The van der Waals surface area contributed by atoms with Gasteiger partial charge in [0.2, 0.25) is 5.88 Å². The van der Waals surface area contributed by atoms with E-state index in [1.165, 1.54) is 22.9 Å². The fourth-order valence-corrected chi connectivity index (χ4v) is 4.94. The van der Waals surface area contributed by atoms with E-state index in [1.54, 1.807) is 29.9 Å². The van der Waals surface area contributed by atoms with Crippen molar-refractivity contribution in [3.8, 4) is 17.1 Å². The average Bonchev–Trinajstić information content (AvgIpc) is 3.51. The van der Waals surface area contributed by atoms with Crippen LogP contribution in [-0.4, -0.2) is 40.4 Å². The maximum Gasteiger partial charge on any atom is 0.266 e. The highest BCUT2D eigenvalue weighted by molar-refractivity contribution is 5.94. The van der Waals surface area contributed by atoms with E-state index in [-0.39, 0.29) is 23.5 Å². The van der Waals surface area contributed by atoms with Crippen molar-refractivity contribution >= 4 is 22.4 Å². The van der Waals surface area contributed by atoms with Gasteiger partial charge >= 0.3 is 0 Å². The van der Waals surface area contributed by atoms with Gasteiger partial charge in [0.25, 0.3) is 5.56 Å². The van der Waals surface area contributed by atoms with E-state index in [0.717, 1.165) is 53.5 Å². The summed E-state index contributed by atoms with van der Waals surface area (Å²) in [6, 6.07) is 11.4. The van der Waals surface area contributed by atoms with Crippen LogP contribution in [0.1, 0.15) is 31.7 Å². The minimum atomic E-state index is -0.287. The van der Waals surface area contributed by atoms with Crippen LogP contribution in [0.25, 0.3) is 22.2 Å². The Morgan fingerprint density at radius 3 is 2.50 bits per heavy atom. The largest absolute Gasteiger partial charge is 0.473 e. The number of pyridine rings is 1. The minimum absolute atomic E-state index is 0.0215. The number of nitrogens with one attached hydrogen (secondary N) is 1. The maximum atomic E-state index is 13.4. The van der Waals surface area contributed by atoms with Gasteiger partial charge in [-0.3, -0.25) is 14.2 Å². The van der Waals surface area contributed by atoms with E-state index in [2.05, 4.69) is 25.2 Å². The first-order valence-electron chi connectivity index (χ1n) is 12.5. The van der Waals surface area contributed by atoms with Crippen LogP contribution < -0.4 is 15.6 Å². The highest BCUT2D eigenvalue weighted by Gasteiger charge is 2.27. The van der Waals surface area contributed by atoms with Crippen LogP contribution in [0.4, 0.5) is 15.9 Å². The molecule has 4 heterocycles. The molecule has 0 radical (unpaired) electrons. The molecule has 5 aromatic rings. The van der Waals surface area contributed by atoms with Gasteiger partial charge in [0, 0.05) is 61.3 Å². The summed E-state index contributed by atoms with van der Waals surface area (Å²) in [4.78, 5) is 16.2. The second-order valence-electron chi connectivity index (χ2n) is 9.60. The van der Waals surface area contributed by atoms with Gasteiger partial charge < -0.3 is 10.1 Å². The SMILES string of the molecule is Cn1cc(-c2nn([C@H]3CC[C@@H](Oc4ccc(=O)n(C)n4)CC3)c3cc(Nc4ccc(F)cc4)ncc23)cn1. The molecule has 1 aromatic carbocycles. The lowest BCUT2D eigenvalue weighted by Crippen LogP contribution is -2.27. The molecule has 6 rings (SSSR count). The predicted octanol–water partition coefficient (Wildman–Crippen LogP) is 4.37. The highest BCUT2D eigenvalue weighted by atomic mass is 19.1. The molecule has 1 aliphatic rings. The van der Waals surface area contributed by atoms with Crippen LogP contribution in [0.15, 0.2) is 65.8 Å². The molecule has 0 bridgehead atoms.